The number of benzene rings is 1. The third-order valence-electron chi connectivity index (χ3n) is 3.98. The van der Waals surface area contributed by atoms with Crippen LogP contribution < -0.4 is 5.32 Å². The Morgan fingerprint density at radius 1 is 1.40 bits per heavy atom. The minimum atomic E-state index is -0.133. The molecule has 1 aliphatic rings. The molecule has 1 saturated carbocycles. The second kappa shape index (κ2) is 6.72. The zero-order chi connectivity index (χ0) is 14.6. The standard InChI is InChI=1S/C15H20ClNO2S/c1-20-15(7-3-2-4-8-15)10-17-14(19)11-5-6-13(18)12(16)9-11/h5-6,9,18H,2-4,7-8,10H2,1H3,(H,17,19). The molecule has 2 N–H and O–H groups in total. The van der Waals surface area contributed by atoms with Gasteiger partial charge in [-0.25, -0.2) is 0 Å². The third kappa shape index (κ3) is 3.61. The predicted octanol–water partition coefficient (Wildman–Crippen LogP) is 3.84. The van der Waals surface area contributed by atoms with Crippen LogP contribution in [0.1, 0.15) is 42.5 Å². The van der Waals surface area contributed by atoms with Crippen LogP contribution in [0.5, 0.6) is 5.75 Å². The average molecular weight is 314 g/mol. The van der Waals surface area contributed by atoms with E-state index in [2.05, 4.69) is 11.6 Å². The molecule has 1 fully saturated rings. The van der Waals surface area contributed by atoms with Gasteiger partial charge in [-0.1, -0.05) is 30.9 Å². The Morgan fingerprint density at radius 3 is 2.70 bits per heavy atom. The molecule has 0 radical (unpaired) electrons. The zero-order valence-electron chi connectivity index (χ0n) is 11.6. The number of amides is 1. The summed E-state index contributed by atoms with van der Waals surface area (Å²) in [4.78, 5) is 12.1. The number of nitrogens with one attached hydrogen (secondary N) is 1. The molecule has 3 nitrogen and oxygen atoms in total. The van der Waals surface area contributed by atoms with E-state index in [1.54, 1.807) is 6.07 Å². The highest BCUT2D eigenvalue weighted by Crippen LogP contribution is 2.38. The second-order valence-corrected chi connectivity index (χ2v) is 6.98. The Labute approximate surface area is 129 Å². The van der Waals surface area contributed by atoms with Crippen LogP contribution in [0.2, 0.25) is 5.02 Å². The molecule has 1 aromatic carbocycles. The predicted molar refractivity (Wildman–Crippen MR) is 84.8 cm³/mol. The Kier molecular flexibility index (Phi) is 5.22. The van der Waals surface area contributed by atoms with Gasteiger partial charge in [-0.05, 0) is 37.3 Å². The molecule has 0 heterocycles. The number of halogens is 1. The molecule has 110 valence electrons. The fourth-order valence-corrected chi connectivity index (χ4v) is 3.73. The number of hydrogen-bond acceptors (Lipinski definition) is 3. The van der Waals surface area contributed by atoms with E-state index in [1.807, 2.05) is 11.8 Å². The first-order chi connectivity index (χ1) is 9.56. The number of phenolic OH excluding ortho intramolecular Hbond substituents is 1. The van der Waals surface area contributed by atoms with Crippen molar-refractivity contribution < 1.29 is 9.90 Å². The summed E-state index contributed by atoms with van der Waals surface area (Å²) >= 11 is 7.68. The zero-order valence-corrected chi connectivity index (χ0v) is 13.2. The van der Waals surface area contributed by atoms with Crippen molar-refractivity contribution in [3.8, 4) is 5.75 Å². The number of phenols is 1. The van der Waals surface area contributed by atoms with E-state index >= 15 is 0 Å². The van der Waals surface area contributed by atoms with Crippen molar-refractivity contribution in [2.24, 2.45) is 0 Å². The van der Waals surface area contributed by atoms with Gasteiger partial charge in [0.25, 0.3) is 5.91 Å². The molecule has 0 aromatic heterocycles. The molecule has 0 saturated heterocycles. The number of carbonyl (C=O) groups excluding carboxylic acids is 1. The fraction of sp³-hybridized carbons (Fsp3) is 0.533. The van der Waals surface area contributed by atoms with Crippen LogP contribution in [0, 0.1) is 0 Å². The summed E-state index contributed by atoms with van der Waals surface area (Å²) in [5.41, 5.74) is 0.486. The van der Waals surface area contributed by atoms with Crippen molar-refractivity contribution in [1.29, 1.82) is 0 Å². The van der Waals surface area contributed by atoms with Crippen LogP contribution in [0.25, 0.3) is 0 Å². The molecule has 0 atom stereocenters. The summed E-state index contributed by atoms with van der Waals surface area (Å²) in [6.45, 7) is 0.686. The summed E-state index contributed by atoms with van der Waals surface area (Å²) in [7, 11) is 0. The first-order valence-corrected chi connectivity index (χ1v) is 8.48. The van der Waals surface area contributed by atoms with Gasteiger partial charge in [0.05, 0.1) is 5.02 Å². The smallest absolute Gasteiger partial charge is 0.251 e. The minimum absolute atomic E-state index is 0.00363. The molecule has 2 rings (SSSR count). The Hall–Kier alpha value is -0.870. The Balaban J connectivity index is 1.98. The molecule has 0 aliphatic heterocycles. The lowest BCUT2D eigenvalue weighted by atomic mass is 9.88. The van der Waals surface area contributed by atoms with Crippen LogP contribution in [0.3, 0.4) is 0 Å². The quantitative estimate of drug-likeness (QED) is 0.888. The maximum absolute atomic E-state index is 12.1. The average Bonchev–Trinajstić information content (AvgIpc) is 2.48. The second-order valence-electron chi connectivity index (χ2n) is 5.30. The van der Waals surface area contributed by atoms with E-state index in [0.29, 0.717) is 12.1 Å². The molecule has 1 aromatic rings. The van der Waals surface area contributed by atoms with E-state index in [1.165, 1.54) is 31.4 Å². The fourth-order valence-electron chi connectivity index (χ4n) is 2.64. The molecule has 1 aliphatic carbocycles. The van der Waals surface area contributed by atoms with Crippen molar-refractivity contribution in [3.63, 3.8) is 0 Å². The van der Waals surface area contributed by atoms with Crippen molar-refractivity contribution in [3.05, 3.63) is 28.8 Å². The first-order valence-electron chi connectivity index (χ1n) is 6.88. The highest BCUT2D eigenvalue weighted by Gasteiger charge is 2.31. The van der Waals surface area contributed by atoms with Crippen LogP contribution in [0.4, 0.5) is 0 Å². The highest BCUT2D eigenvalue weighted by molar-refractivity contribution is 8.00. The number of carbonyl (C=O) groups is 1. The van der Waals surface area contributed by atoms with E-state index in [4.69, 9.17) is 11.6 Å². The molecule has 0 unspecified atom stereocenters. The number of aromatic hydroxyl groups is 1. The lowest BCUT2D eigenvalue weighted by Crippen LogP contribution is -2.41. The normalized spacial score (nSPS) is 17.7. The largest absolute Gasteiger partial charge is 0.506 e. The Bertz CT molecular complexity index is 487. The van der Waals surface area contributed by atoms with Gasteiger partial charge in [-0.3, -0.25) is 4.79 Å². The highest BCUT2D eigenvalue weighted by atomic mass is 35.5. The van der Waals surface area contributed by atoms with Gasteiger partial charge < -0.3 is 10.4 Å². The maximum atomic E-state index is 12.1. The molecule has 20 heavy (non-hydrogen) atoms. The van der Waals surface area contributed by atoms with Crippen molar-refractivity contribution in [2.75, 3.05) is 12.8 Å². The summed E-state index contributed by atoms with van der Waals surface area (Å²) < 4.78 is 0.175. The monoisotopic (exact) mass is 313 g/mol. The third-order valence-corrected chi connectivity index (χ3v) is 5.70. The molecule has 0 spiro atoms. The van der Waals surface area contributed by atoms with Gasteiger partial charge >= 0.3 is 0 Å². The first kappa shape index (κ1) is 15.5. The van der Waals surface area contributed by atoms with Crippen LogP contribution >= 0.6 is 23.4 Å². The number of thioether (sulfide) groups is 1. The lowest BCUT2D eigenvalue weighted by Gasteiger charge is -2.35. The molecular formula is C15H20ClNO2S. The molecule has 1 amide bonds. The molecule has 5 heteroatoms. The summed E-state index contributed by atoms with van der Waals surface area (Å²) in [5.74, 6) is -0.137. The number of rotatable bonds is 4. The van der Waals surface area contributed by atoms with E-state index < -0.39 is 0 Å². The SMILES string of the molecule is CSC1(CNC(=O)c2ccc(O)c(Cl)c2)CCCCC1. The van der Waals surface area contributed by atoms with Gasteiger partial charge in [-0.15, -0.1) is 0 Å². The number of hydrogen-bond donors (Lipinski definition) is 2. The van der Waals surface area contributed by atoms with Crippen molar-refractivity contribution in [1.82, 2.24) is 5.32 Å². The van der Waals surface area contributed by atoms with Crippen molar-refractivity contribution >= 4 is 29.3 Å². The van der Waals surface area contributed by atoms with Crippen LogP contribution in [-0.4, -0.2) is 28.6 Å². The summed E-state index contributed by atoms with van der Waals surface area (Å²) in [6, 6.07) is 4.53. The maximum Gasteiger partial charge on any atom is 0.251 e. The van der Waals surface area contributed by atoms with Gasteiger partial charge in [0, 0.05) is 16.9 Å². The Morgan fingerprint density at radius 2 is 2.10 bits per heavy atom. The molecular weight excluding hydrogens is 294 g/mol. The van der Waals surface area contributed by atoms with E-state index in [9.17, 15) is 9.90 Å². The minimum Gasteiger partial charge on any atom is -0.506 e. The summed E-state index contributed by atoms with van der Waals surface area (Å²) in [6.07, 6.45) is 8.21. The van der Waals surface area contributed by atoms with Crippen LogP contribution in [-0.2, 0) is 0 Å². The van der Waals surface area contributed by atoms with Crippen LogP contribution in [0.15, 0.2) is 18.2 Å². The van der Waals surface area contributed by atoms with Gasteiger partial charge in [0.1, 0.15) is 5.75 Å². The lowest BCUT2D eigenvalue weighted by molar-refractivity contribution is 0.0947. The topological polar surface area (TPSA) is 49.3 Å². The van der Waals surface area contributed by atoms with Gasteiger partial charge in [0.2, 0.25) is 0 Å². The summed E-state index contributed by atoms with van der Waals surface area (Å²) in [5, 5.41) is 12.6. The van der Waals surface area contributed by atoms with Gasteiger partial charge in [-0.2, -0.15) is 11.8 Å². The van der Waals surface area contributed by atoms with Gasteiger partial charge in [0.15, 0.2) is 0 Å². The molecule has 0 bridgehead atoms. The van der Waals surface area contributed by atoms with E-state index in [-0.39, 0.29) is 21.4 Å². The van der Waals surface area contributed by atoms with E-state index in [0.717, 1.165) is 12.8 Å². The van der Waals surface area contributed by atoms with Crippen molar-refractivity contribution in [2.45, 2.75) is 36.9 Å².